The Bertz CT molecular complexity index is 569. The predicted octanol–water partition coefficient (Wildman–Crippen LogP) is 3.24. The summed E-state index contributed by atoms with van der Waals surface area (Å²) in [6, 6.07) is 3.35. The van der Waals surface area contributed by atoms with Crippen molar-refractivity contribution in [2.24, 2.45) is 0 Å². The Labute approximate surface area is 120 Å². The fourth-order valence-corrected chi connectivity index (χ4v) is 2.31. The number of carbonyl (C=O) groups is 1. The average Bonchev–Trinajstić information content (AvgIpc) is 2.88. The molecule has 0 radical (unpaired) electrons. The van der Waals surface area contributed by atoms with Crippen molar-refractivity contribution in [2.45, 2.75) is 26.3 Å². The molecule has 0 aliphatic rings. The Morgan fingerprint density at radius 2 is 2.26 bits per heavy atom. The molecule has 100 valence electrons. The lowest BCUT2D eigenvalue weighted by molar-refractivity contribution is 0.0950. The summed E-state index contributed by atoms with van der Waals surface area (Å²) in [5.41, 5.74) is 1.34. The summed E-state index contributed by atoms with van der Waals surface area (Å²) < 4.78 is 0. The van der Waals surface area contributed by atoms with E-state index in [1.165, 1.54) is 11.3 Å². The minimum absolute atomic E-state index is 0.165. The van der Waals surface area contributed by atoms with E-state index in [0.29, 0.717) is 17.3 Å². The summed E-state index contributed by atoms with van der Waals surface area (Å²) >= 11 is 7.44. The van der Waals surface area contributed by atoms with Gasteiger partial charge in [-0.1, -0.05) is 25.4 Å². The molecular weight excluding hydrogens is 282 g/mol. The van der Waals surface area contributed by atoms with Gasteiger partial charge in [-0.3, -0.25) is 4.79 Å². The lowest BCUT2D eigenvalue weighted by Crippen LogP contribution is -2.23. The largest absolute Gasteiger partial charge is 0.346 e. The van der Waals surface area contributed by atoms with Crippen LogP contribution in [-0.2, 0) is 6.54 Å². The standard InChI is InChI=1S/C13H14ClN3OS/c1-8(2)10-5-9(6-11(14)17-10)13(18)16-7-12-15-3-4-19-12/h3-6,8H,7H2,1-2H3,(H,16,18). The van der Waals surface area contributed by atoms with E-state index in [9.17, 15) is 4.79 Å². The number of halogens is 1. The van der Waals surface area contributed by atoms with Crippen LogP contribution in [0, 0.1) is 0 Å². The molecule has 1 amide bonds. The van der Waals surface area contributed by atoms with Crippen LogP contribution in [-0.4, -0.2) is 15.9 Å². The quantitative estimate of drug-likeness (QED) is 0.881. The predicted molar refractivity (Wildman–Crippen MR) is 76.6 cm³/mol. The van der Waals surface area contributed by atoms with Crippen molar-refractivity contribution in [1.82, 2.24) is 15.3 Å². The van der Waals surface area contributed by atoms with Crippen molar-refractivity contribution < 1.29 is 4.79 Å². The Morgan fingerprint density at radius 1 is 1.47 bits per heavy atom. The fraction of sp³-hybridized carbons (Fsp3) is 0.308. The highest BCUT2D eigenvalue weighted by molar-refractivity contribution is 7.09. The molecule has 2 aromatic heterocycles. The van der Waals surface area contributed by atoms with E-state index in [0.717, 1.165) is 10.7 Å². The Kier molecular flexibility index (Phi) is 4.50. The first kappa shape index (κ1) is 14.0. The van der Waals surface area contributed by atoms with Crippen molar-refractivity contribution in [2.75, 3.05) is 0 Å². The monoisotopic (exact) mass is 295 g/mol. The van der Waals surface area contributed by atoms with Gasteiger partial charge >= 0.3 is 0 Å². The molecule has 19 heavy (non-hydrogen) atoms. The summed E-state index contributed by atoms with van der Waals surface area (Å²) in [5.74, 6) is 0.0608. The van der Waals surface area contributed by atoms with E-state index >= 15 is 0 Å². The normalized spacial score (nSPS) is 10.7. The van der Waals surface area contributed by atoms with Gasteiger partial charge in [0, 0.05) is 22.8 Å². The number of hydrogen-bond acceptors (Lipinski definition) is 4. The van der Waals surface area contributed by atoms with Crippen LogP contribution in [0.2, 0.25) is 5.15 Å². The number of nitrogens with zero attached hydrogens (tertiary/aromatic N) is 2. The first-order valence-corrected chi connectivity index (χ1v) is 7.16. The molecule has 2 rings (SSSR count). The topological polar surface area (TPSA) is 54.9 Å². The van der Waals surface area contributed by atoms with E-state index in [4.69, 9.17) is 11.6 Å². The molecule has 0 spiro atoms. The van der Waals surface area contributed by atoms with Gasteiger partial charge < -0.3 is 5.32 Å². The molecule has 6 heteroatoms. The van der Waals surface area contributed by atoms with Crippen LogP contribution in [0.25, 0.3) is 0 Å². The average molecular weight is 296 g/mol. The molecule has 1 N–H and O–H groups in total. The van der Waals surface area contributed by atoms with Crippen molar-refractivity contribution in [3.05, 3.63) is 45.1 Å². The molecule has 0 bridgehead atoms. The highest BCUT2D eigenvalue weighted by Crippen LogP contribution is 2.17. The Balaban J connectivity index is 2.10. The molecule has 0 aliphatic heterocycles. The fourth-order valence-electron chi connectivity index (χ4n) is 1.54. The second-order valence-electron chi connectivity index (χ2n) is 4.37. The highest BCUT2D eigenvalue weighted by Gasteiger charge is 2.11. The van der Waals surface area contributed by atoms with Gasteiger partial charge in [-0.15, -0.1) is 11.3 Å². The summed E-state index contributed by atoms with van der Waals surface area (Å²) in [4.78, 5) is 20.4. The molecule has 4 nitrogen and oxygen atoms in total. The number of thiazole rings is 1. The summed E-state index contributed by atoms with van der Waals surface area (Å²) in [6.07, 6.45) is 1.71. The van der Waals surface area contributed by atoms with Crippen LogP contribution < -0.4 is 5.32 Å². The number of nitrogens with one attached hydrogen (secondary N) is 1. The van der Waals surface area contributed by atoms with Gasteiger partial charge in [0.25, 0.3) is 5.91 Å². The summed E-state index contributed by atoms with van der Waals surface area (Å²) in [7, 11) is 0. The smallest absolute Gasteiger partial charge is 0.251 e. The molecule has 2 heterocycles. The number of rotatable bonds is 4. The van der Waals surface area contributed by atoms with Crippen molar-refractivity contribution >= 4 is 28.8 Å². The van der Waals surface area contributed by atoms with Gasteiger partial charge in [0.1, 0.15) is 10.2 Å². The maximum absolute atomic E-state index is 12.0. The number of carbonyl (C=O) groups excluding carboxylic acids is 1. The maximum atomic E-state index is 12.0. The SMILES string of the molecule is CC(C)c1cc(C(=O)NCc2nccs2)cc(Cl)n1. The van der Waals surface area contributed by atoms with E-state index in [1.807, 2.05) is 19.2 Å². The van der Waals surface area contributed by atoms with Gasteiger partial charge in [0.2, 0.25) is 0 Å². The second kappa shape index (κ2) is 6.12. The molecule has 2 aromatic rings. The van der Waals surface area contributed by atoms with E-state index in [1.54, 1.807) is 18.3 Å². The van der Waals surface area contributed by atoms with Crippen LogP contribution in [0.3, 0.4) is 0 Å². The third kappa shape index (κ3) is 3.75. The summed E-state index contributed by atoms with van der Waals surface area (Å²) in [5, 5.41) is 5.91. The van der Waals surface area contributed by atoms with Crippen LogP contribution >= 0.6 is 22.9 Å². The zero-order valence-corrected chi connectivity index (χ0v) is 12.3. The molecule has 0 saturated heterocycles. The molecule has 0 fully saturated rings. The Morgan fingerprint density at radius 3 is 2.89 bits per heavy atom. The molecule has 0 unspecified atom stereocenters. The third-order valence-electron chi connectivity index (χ3n) is 2.55. The lowest BCUT2D eigenvalue weighted by Gasteiger charge is -2.08. The molecule has 0 aromatic carbocycles. The van der Waals surface area contributed by atoms with E-state index in [-0.39, 0.29) is 11.8 Å². The number of pyridine rings is 1. The van der Waals surface area contributed by atoms with Gasteiger partial charge in [0.15, 0.2) is 0 Å². The first-order chi connectivity index (χ1) is 9.06. The van der Waals surface area contributed by atoms with Crippen molar-refractivity contribution in [3.63, 3.8) is 0 Å². The van der Waals surface area contributed by atoms with Crippen molar-refractivity contribution in [3.8, 4) is 0 Å². The third-order valence-corrected chi connectivity index (χ3v) is 3.52. The molecule has 0 aliphatic carbocycles. The zero-order chi connectivity index (χ0) is 13.8. The van der Waals surface area contributed by atoms with Crippen LogP contribution in [0.1, 0.15) is 40.8 Å². The summed E-state index contributed by atoms with van der Waals surface area (Å²) in [6.45, 7) is 4.44. The number of amides is 1. The van der Waals surface area contributed by atoms with Crippen LogP contribution in [0.15, 0.2) is 23.7 Å². The minimum Gasteiger partial charge on any atom is -0.346 e. The Hall–Kier alpha value is -1.46. The highest BCUT2D eigenvalue weighted by atomic mass is 35.5. The lowest BCUT2D eigenvalue weighted by atomic mass is 10.1. The van der Waals surface area contributed by atoms with Crippen molar-refractivity contribution in [1.29, 1.82) is 0 Å². The second-order valence-corrected chi connectivity index (χ2v) is 5.73. The van der Waals surface area contributed by atoms with Crippen LogP contribution in [0.5, 0.6) is 0 Å². The van der Waals surface area contributed by atoms with Gasteiger partial charge in [-0.25, -0.2) is 9.97 Å². The van der Waals surface area contributed by atoms with E-state index in [2.05, 4.69) is 15.3 Å². The molecular formula is C13H14ClN3OS. The zero-order valence-electron chi connectivity index (χ0n) is 10.7. The molecule has 0 saturated carbocycles. The van der Waals surface area contributed by atoms with E-state index < -0.39 is 0 Å². The maximum Gasteiger partial charge on any atom is 0.251 e. The molecule has 0 atom stereocenters. The first-order valence-electron chi connectivity index (χ1n) is 5.90. The minimum atomic E-state index is -0.165. The number of hydrogen-bond donors (Lipinski definition) is 1. The number of aromatic nitrogens is 2. The van der Waals surface area contributed by atoms with Gasteiger partial charge in [0.05, 0.1) is 6.54 Å². The van der Waals surface area contributed by atoms with Gasteiger partial charge in [-0.2, -0.15) is 0 Å². The van der Waals surface area contributed by atoms with Crippen LogP contribution in [0.4, 0.5) is 0 Å². The van der Waals surface area contributed by atoms with Gasteiger partial charge in [-0.05, 0) is 18.1 Å².